The summed E-state index contributed by atoms with van der Waals surface area (Å²) in [5, 5.41) is 8.64. The quantitative estimate of drug-likeness (QED) is 0.649. The van der Waals surface area contributed by atoms with E-state index in [9.17, 15) is 4.79 Å². The van der Waals surface area contributed by atoms with Gasteiger partial charge in [0, 0.05) is 34.8 Å². The second kappa shape index (κ2) is 7.18. The Kier molecular flexibility index (Phi) is 4.72. The maximum Gasteiger partial charge on any atom is 0.255 e. The Bertz CT molecular complexity index is 1010. The number of carbonyl (C=O) groups is 1. The van der Waals surface area contributed by atoms with Crippen LogP contribution in [0.25, 0.3) is 21.9 Å². The fourth-order valence-corrected chi connectivity index (χ4v) is 4.00. The lowest BCUT2D eigenvalue weighted by atomic mass is 9.96. The van der Waals surface area contributed by atoms with Crippen LogP contribution < -0.4 is 16.4 Å². The molecule has 0 spiro atoms. The molecule has 0 saturated carbocycles. The predicted octanol–water partition coefficient (Wildman–Crippen LogP) is 3.54. The van der Waals surface area contributed by atoms with Gasteiger partial charge in [-0.05, 0) is 48.5 Å². The molecule has 0 unspecified atom stereocenters. The van der Waals surface area contributed by atoms with Crippen molar-refractivity contribution in [1.82, 2.24) is 15.6 Å². The SMILES string of the molecule is Cc1cccc(Cl)c1-c1ccc2c(C(=O)N[C@@H]3CCNC3)c(N)ncc2c1. The number of fused-ring (bicyclic) bond motifs is 1. The van der Waals surface area contributed by atoms with Crippen molar-refractivity contribution in [3.05, 3.63) is 58.7 Å². The first kappa shape index (κ1) is 17.8. The van der Waals surface area contributed by atoms with E-state index >= 15 is 0 Å². The summed E-state index contributed by atoms with van der Waals surface area (Å²) in [4.78, 5) is 17.1. The number of nitrogens with two attached hydrogens (primary N) is 1. The van der Waals surface area contributed by atoms with E-state index in [2.05, 4.69) is 15.6 Å². The number of halogens is 1. The Labute approximate surface area is 162 Å². The molecule has 1 amide bonds. The van der Waals surface area contributed by atoms with E-state index in [0.29, 0.717) is 10.6 Å². The predicted molar refractivity (Wildman–Crippen MR) is 110 cm³/mol. The van der Waals surface area contributed by atoms with Gasteiger partial charge in [-0.2, -0.15) is 0 Å². The standard InChI is InChI=1S/C21H21ClN4O/c1-12-3-2-4-17(22)18(12)13-5-6-16-14(9-13)10-25-20(23)19(16)21(27)26-15-7-8-24-11-15/h2-6,9-10,15,24H,7-8,11H2,1H3,(H2,23,25)(H,26,27)/t15-/m1/s1. The van der Waals surface area contributed by atoms with Crippen LogP contribution in [0.5, 0.6) is 0 Å². The summed E-state index contributed by atoms with van der Waals surface area (Å²) in [5.41, 5.74) is 9.55. The second-order valence-electron chi connectivity index (χ2n) is 6.92. The largest absolute Gasteiger partial charge is 0.383 e. The number of carbonyl (C=O) groups excluding carboxylic acids is 1. The lowest BCUT2D eigenvalue weighted by molar-refractivity contribution is 0.0942. The molecule has 1 fully saturated rings. The van der Waals surface area contributed by atoms with Crippen LogP contribution in [0.15, 0.2) is 42.6 Å². The van der Waals surface area contributed by atoms with Crippen molar-refractivity contribution < 1.29 is 4.79 Å². The highest BCUT2D eigenvalue weighted by atomic mass is 35.5. The summed E-state index contributed by atoms with van der Waals surface area (Å²) in [6, 6.07) is 11.9. The summed E-state index contributed by atoms with van der Waals surface area (Å²) in [6.07, 6.45) is 2.62. The number of nitrogen functional groups attached to an aromatic ring is 1. The molecule has 6 heteroatoms. The van der Waals surface area contributed by atoms with Crippen molar-refractivity contribution in [2.24, 2.45) is 0 Å². The van der Waals surface area contributed by atoms with Gasteiger partial charge in [0.15, 0.2) is 0 Å². The van der Waals surface area contributed by atoms with Gasteiger partial charge in [-0.1, -0.05) is 35.9 Å². The Morgan fingerprint density at radius 2 is 2.19 bits per heavy atom. The molecule has 27 heavy (non-hydrogen) atoms. The van der Waals surface area contributed by atoms with Crippen molar-refractivity contribution in [1.29, 1.82) is 0 Å². The van der Waals surface area contributed by atoms with Crippen molar-refractivity contribution >= 4 is 34.1 Å². The highest BCUT2D eigenvalue weighted by Crippen LogP contribution is 2.34. The van der Waals surface area contributed by atoms with Crippen LogP contribution in [0.1, 0.15) is 22.3 Å². The molecule has 2 aromatic carbocycles. The first-order valence-electron chi connectivity index (χ1n) is 9.00. The van der Waals surface area contributed by atoms with Gasteiger partial charge >= 0.3 is 0 Å². The van der Waals surface area contributed by atoms with Crippen LogP contribution in [0.4, 0.5) is 5.82 Å². The number of aromatic nitrogens is 1. The molecular weight excluding hydrogens is 360 g/mol. The van der Waals surface area contributed by atoms with Gasteiger partial charge < -0.3 is 16.4 Å². The number of hydrogen-bond donors (Lipinski definition) is 3. The van der Waals surface area contributed by atoms with Crippen molar-refractivity contribution in [3.8, 4) is 11.1 Å². The van der Waals surface area contributed by atoms with Gasteiger partial charge in [-0.3, -0.25) is 4.79 Å². The van der Waals surface area contributed by atoms with E-state index in [1.165, 1.54) is 0 Å². The van der Waals surface area contributed by atoms with E-state index in [1.54, 1.807) is 6.20 Å². The van der Waals surface area contributed by atoms with Gasteiger partial charge in [0.2, 0.25) is 0 Å². The first-order chi connectivity index (χ1) is 13.0. The molecule has 0 radical (unpaired) electrons. The van der Waals surface area contributed by atoms with E-state index in [4.69, 9.17) is 17.3 Å². The van der Waals surface area contributed by atoms with Crippen molar-refractivity contribution in [2.75, 3.05) is 18.8 Å². The molecule has 1 aromatic heterocycles. The number of amides is 1. The molecule has 1 aliphatic heterocycles. The smallest absolute Gasteiger partial charge is 0.255 e. The minimum absolute atomic E-state index is 0.122. The second-order valence-corrected chi connectivity index (χ2v) is 7.32. The van der Waals surface area contributed by atoms with Gasteiger partial charge in [-0.15, -0.1) is 0 Å². The Balaban J connectivity index is 1.78. The molecule has 4 rings (SSSR count). The van der Waals surface area contributed by atoms with E-state index in [1.807, 2.05) is 43.3 Å². The zero-order chi connectivity index (χ0) is 19.0. The zero-order valence-electron chi connectivity index (χ0n) is 15.1. The summed E-state index contributed by atoms with van der Waals surface area (Å²) in [6.45, 7) is 3.72. The van der Waals surface area contributed by atoms with E-state index < -0.39 is 0 Å². The third-order valence-electron chi connectivity index (χ3n) is 5.05. The summed E-state index contributed by atoms with van der Waals surface area (Å²) in [5.74, 6) is 0.0635. The third kappa shape index (κ3) is 3.36. The van der Waals surface area contributed by atoms with E-state index in [-0.39, 0.29) is 17.8 Å². The van der Waals surface area contributed by atoms with Crippen LogP contribution in [-0.4, -0.2) is 30.0 Å². The monoisotopic (exact) mass is 380 g/mol. The molecule has 3 aromatic rings. The molecular formula is C21H21ClN4O. The van der Waals surface area contributed by atoms with Crippen molar-refractivity contribution in [2.45, 2.75) is 19.4 Å². The average Bonchev–Trinajstić information content (AvgIpc) is 3.14. The zero-order valence-corrected chi connectivity index (χ0v) is 15.8. The third-order valence-corrected chi connectivity index (χ3v) is 5.37. The molecule has 0 bridgehead atoms. The molecule has 2 heterocycles. The number of nitrogens with one attached hydrogen (secondary N) is 2. The van der Waals surface area contributed by atoms with Crippen LogP contribution >= 0.6 is 11.6 Å². The van der Waals surface area contributed by atoms with Crippen LogP contribution in [0.3, 0.4) is 0 Å². The molecule has 4 N–H and O–H groups in total. The van der Waals surface area contributed by atoms with Gasteiger partial charge in [0.25, 0.3) is 5.91 Å². The lowest BCUT2D eigenvalue weighted by Crippen LogP contribution is -2.36. The van der Waals surface area contributed by atoms with Crippen LogP contribution in [0.2, 0.25) is 5.02 Å². The lowest BCUT2D eigenvalue weighted by Gasteiger charge is -2.15. The Morgan fingerprint density at radius 1 is 1.33 bits per heavy atom. The van der Waals surface area contributed by atoms with Crippen molar-refractivity contribution in [3.63, 3.8) is 0 Å². The average molecular weight is 381 g/mol. The van der Waals surface area contributed by atoms with E-state index in [0.717, 1.165) is 47.0 Å². The van der Waals surface area contributed by atoms with Gasteiger partial charge in [-0.25, -0.2) is 4.98 Å². The number of anilines is 1. The number of rotatable bonds is 3. The number of nitrogens with zero attached hydrogens (tertiary/aromatic N) is 1. The molecule has 1 atom stereocenters. The minimum Gasteiger partial charge on any atom is -0.383 e. The summed E-state index contributed by atoms with van der Waals surface area (Å²) in [7, 11) is 0. The highest BCUT2D eigenvalue weighted by molar-refractivity contribution is 6.33. The topological polar surface area (TPSA) is 80.0 Å². The maximum absolute atomic E-state index is 12.8. The van der Waals surface area contributed by atoms with Gasteiger partial charge in [0.05, 0.1) is 5.56 Å². The normalized spacial score (nSPS) is 16.6. The number of pyridine rings is 1. The Morgan fingerprint density at radius 3 is 2.93 bits per heavy atom. The number of benzene rings is 2. The fourth-order valence-electron chi connectivity index (χ4n) is 3.67. The molecule has 1 saturated heterocycles. The first-order valence-corrected chi connectivity index (χ1v) is 9.37. The molecule has 138 valence electrons. The van der Waals surface area contributed by atoms with Gasteiger partial charge in [0.1, 0.15) is 5.82 Å². The maximum atomic E-state index is 12.8. The summed E-state index contributed by atoms with van der Waals surface area (Å²) < 4.78 is 0. The Hall–Kier alpha value is -2.63. The van der Waals surface area contributed by atoms with Crippen LogP contribution in [-0.2, 0) is 0 Å². The van der Waals surface area contributed by atoms with Crippen LogP contribution in [0, 0.1) is 6.92 Å². The fraction of sp³-hybridized carbons (Fsp3) is 0.238. The minimum atomic E-state index is -0.180. The molecule has 5 nitrogen and oxygen atoms in total. The molecule has 1 aliphatic rings. The summed E-state index contributed by atoms with van der Waals surface area (Å²) >= 11 is 6.41. The number of aryl methyl sites for hydroxylation is 1. The molecule has 0 aliphatic carbocycles. The highest BCUT2D eigenvalue weighted by Gasteiger charge is 2.21. The number of hydrogen-bond acceptors (Lipinski definition) is 4.